The summed E-state index contributed by atoms with van der Waals surface area (Å²) in [6.07, 6.45) is 0. The van der Waals surface area contributed by atoms with E-state index in [1.54, 1.807) is 0 Å². The molecule has 0 amide bonds. The Morgan fingerprint density at radius 3 is 1.76 bits per heavy atom. The quantitative estimate of drug-likeness (QED) is 0.454. The van der Waals surface area contributed by atoms with E-state index in [-0.39, 0.29) is 11.0 Å². The Morgan fingerprint density at radius 1 is 0.714 bits per heavy atom. The van der Waals surface area contributed by atoms with Crippen LogP contribution >= 0.6 is 0 Å². The maximum Gasteiger partial charge on any atom is 0.204 e. The average Bonchev–Trinajstić information content (AvgIpc) is 2.44. The molecule has 0 heterocycles. The van der Waals surface area contributed by atoms with E-state index in [1.165, 1.54) is 6.92 Å². The van der Waals surface area contributed by atoms with Gasteiger partial charge >= 0.3 is 0 Å². The highest BCUT2D eigenvalue weighted by atomic mass is 19.2. The highest BCUT2D eigenvalue weighted by molar-refractivity contribution is 6.67. The van der Waals surface area contributed by atoms with Crippen LogP contribution in [0.5, 0.6) is 0 Å². The van der Waals surface area contributed by atoms with Crippen LogP contribution in [0.3, 0.4) is 0 Å². The number of aryl methyl sites for hydroxylation is 1. The number of benzene rings is 2. The van der Waals surface area contributed by atoms with Gasteiger partial charge in [-0.2, -0.15) is 0 Å². The van der Waals surface area contributed by atoms with E-state index in [4.69, 9.17) is 0 Å². The SMILES string of the molecule is Cc1cc(Bc2c(F)c(F)c(C)c(F)c2F)c(F)cc1F. The van der Waals surface area contributed by atoms with Crippen LogP contribution in [-0.4, -0.2) is 7.28 Å². The molecular formula is C14H9BF6. The summed E-state index contributed by atoms with van der Waals surface area (Å²) in [5.41, 5.74) is -1.92. The minimum Gasteiger partial charge on any atom is -0.207 e. The Bertz CT molecular complexity index is 697. The first-order valence-corrected chi connectivity index (χ1v) is 6.00. The van der Waals surface area contributed by atoms with Crippen molar-refractivity contribution < 1.29 is 26.3 Å². The van der Waals surface area contributed by atoms with E-state index < -0.39 is 53.2 Å². The topological polar surface area (TPSA) is 0 Å². The van der Waals surface area contributed by atoms with Gasteiger partial charge in [-0.1, -0.05) is 6.07 Å². The van der Waals surface area contributed by atoms with Gasteiger partial charge < -0.3 is 0 Å². The van der Waals surface area contributed by atoms with Crippen LogP contribution in [0.15, 0.2) is 12.1 Å². The number of rotatable bonds is 2. The van der Waals surface area contributed by atoms with E-state index in [0.717, 1.165) is 13.0 Å². The van der Waals surface area contributed by atoms with Gasteiger partial charge in [-0.05, 0) is 30.3 Å². The molecule has 2 rings (SSSR count). The predicted octanol–water partition coefficient (Wildman–Crippen LogP) is 2.53. The summed E-state index contributed by atoms with van der Waals surface area (Å²) in [7, 11) is -0.723. The van der Waals surface area contributed by atoms with Crippen molar-refractivity contribution in [1.82, 2.24) is 0 Å². The number of hydrogen-bond donors (Lipinski definition) is 0. The molecule has 0 aliphatic heterocycles. The zero-order valence-electron chi connectivity index (χ0n) is 11.1. The Balaban J connectivity index is 2.58. The summed E-state index contributed by atoms with van der Waals surface area (Å²) in [4.78, 5) is 0. The fraction of sp³-hybridized carbons (Fsp3) is 0.143. The van der Waals surface area contributed by atoms with Crippen molar-refractivity contribution in [3.8, 4) is 0 Å². The van der Waals surface area contributed by atoms with Crippen LogP contribution in [0.25, 0.3) is 0 Å². The summed E-state index contributed by atoms with van der Waals surface area (Å²) in [5.74, 6) is -8.07. The van der Waals surface area contributed by atoms with Crippen LogP contribution < -0.4 is 10.9 Å². The molecule has 0 nitrogen and oxygen atoms in total. The van der Waals surface area contributed by atoms with Crippen molar-refractivity contribution in [2.45, 2.75) is 13.8 Å². The minimum absolute atomic E-state index is 0.0558. The van der Waals surface area contributed by atoms with Crippen molar-refractivity contribution >= 4 is 18.2 Å². The lowest BCUT2D eigenvalue weighted by Gasteiger charge is -2.10. The zero-order valence-corrected chi connectivity index (χ0v) is 11.1. The van der Waals surface area contributed by atoms with Gasteiger partial charge in [0.15, 0.2) is 23.3 Å². The summed E-state index contributed by atoms with van der Waals surface area (Å²) in [6.45, 7) is 2.23. The third-order valence-electron chi connectivity index (χ3n) is 3.27. The van der Waals surface area contributed by atoms with Gasteiger partial charge in [0.05, 0.1) is 0 Å². The molecule has 0 N–H and O–H groups in total. The van der Waals surface area contributed by atoms with E-state index in [0.29, 0.717) is 6.07 Å². The van der Waals surface area contributed by atoms with Crippen molar-refractivity contribution in [2.24, 2.45) is 0 Å². The first kappa shape index (κ1) is 15.5. The van der Waals surface area contributed by atoms with Gasteiger partial charge in [-0.25, -0.2) is 26.3 Å². The zero-order chi connectivity index (χ0) is 15.9. The Labute approximate surface area is 117 Å². The van der Waals surface area contributed by atoms with Gasteiger partial charge in [0.2, 0.25) is 7.28 Å². The maximum atomic E-state index is 13.7. The summed E-state index contributed by atoms with van der Waals surface area (Å²) in [6, 6.07) is 1.60. The molecule has 0 unspecified atom stereocenters. The van der Waals surface area contributed by atoms with Gasteiger partial charge in [-0.15, -0.1) is 0 Å². The largest absolute Gasteiger partial charge is 0.207 e. The molecule has 110 valence electrons. The van der Waals surface area contributed by atoms with Crippen LogP contribution in [0, 0.1) is 48.8 Å². The van der Waals surface area contributed by atoms with Crippen molar-refractivity contribution in [3.05, 3.63) is 58.2 Å². The van der Waals surface area contributed by atoms with Crippen LogP contribution in [0.2, 0.25) is 0 Å². The lowest BCUT2D eigenvalue weighted by atomic mass is 9.62. The second-order valence-electron chi connectivity index (χ2n) is 4.73. The lowest BCUT2D eigenvalue weighted by Crippen LogP contribution is -2.36. The molecule has 0 spiro atoms. The fourth-order valence-electron chi connectivity index (χ4n) is 1.99. The molecule has 0 radical (unpaired) electrons. The molecule has 0 aromatic heterocycles. The average molecular weight is 302 g/mol. The van der Waals surface area contributed by atoms with Crippen molar-refractivity contribution in [2.75, 3.05) is 0 Å². The molecule has 0 aliphatic rings. The molecule has 2 aromatic carbocycles. The van der Waals surface area contributed by atoms with Gasteiger partial charge in [0, 0.05) is 11.6 Å². The first-order chi connectivity index (χ1) is 9.73. The summed E-state index contributed by atoms with van der Waals surface area (Å²) < 4.78 is 81.0. The normalized spacial score (nSPS) is 10.9. The monoisotopic (exact) mass is 302 g/mol. The van der Waals surface area contributed by atoms with Gasteiger partial charge in [-0.3, -0.25) is 0 Å². The first-order valence-electron chi connectivity index (χ1n) is 6.00. The molecule has 0 bridgehead atoms. The Hall–Kier alpha value is -1.92. The molecule has 0 fully saturated rings. The number of halogens is 6. The summed E-state index contributed by atoms with van der Waals surface area (Å²) in [5, 5.41) is 0. The van der Waals surface area contributed by atoms with Gasteiger partial charge in [0.25, 0.3) is 0 Å². The molecule has 21 heavy (non-hydrogen) atoms. The van der Waals surface area contributed by atoms with E-state index >= 15 is 0 Å². The second-order valence-corrected chi connectivity index (χ2v) is 4.73. The molecule has 0 saturated heterocycles. The van der Waals surface area contributed by atoms with Crippen LogP contribution in [0.4, 0.5) is 26.3 Å². The molecule has 0 aliphatic carbocycles. The molecule has 0 atom stereocenters. The molecular weight excluding hydrogens is 293 g/mol. The number of hydrogen-bond acceptors (Lipinski definition) is 0. The van der Waals surface area contributed by atoms with Crippen molar-refractivity contribution in [1.29, 1.82) is 0 Å². The highest BCUT2D eigenvalue weighted by Crippen LogP contribution is 2.16. The van der Waals surface area contributed by atoms with Crippen LogP contribution in [-0.2, 0) is 0 Å². The Morgan fingerprint density at radius 2 is 1.24 bits per heavy atom. The standard InChI is InChI=1S/C14H9BF6/c1-5-3-7(9(17)4-8(5)16)15-10-13(20)11(18)6(2)12(19)14(10)21/h3-4,15H,1-2H3. The van der Waals surface area contributed by atoms with E-state index in [1.807, 2.05) is 0 Å². The third-order valence-corrected chi connectivity index (χ3v) is 3.27. The molecule has 0 saturated carbocycles. The van der Waals surface area contributed by atoms with Crippen molar-refractivity contribution in [3.63, 3.8) is 0 Å². The fourth-order valence-corrected chi connectivity index (χ4v) is 1.99. The minimum atomic E-state index is -1.58. The highest BCUT2D eigenvalue weighted by Gasteiger charge is 2.24. The van der Waals surface area contributed by atoms with Crippen LogP contribution in [0.1, 0.15) is 11.1 Å². The van der Waals surface area contributed by atoms with E-state index in [2.05, 4.69) is 0 Å². The molecule has 2 aromatic rings. The third kappa shape index (κ3) is 2.64. The van der Waals surface area contributed by atoms with E-state index in [9.17, 15) is 26.3 Å². The lowest BCUT2D eigenvalue weighted by molar-refractivity contribution is 0.454. The Kier molecular flexibility index (Phi) is 4.03. The molecule has 7 heteroatoms. The van der Waals surface area contributed by atoms with Gasteiger partial charge in [0.1, 0.15) is 11.6 Å². The smallest absolute Gasteiger partial charge is 0.204 e. The predicted molar refractivity (Wildman–Crippen MR) is 68.5 cm³/mol. The second kappa shape index (κ2) is 5.46. The summed E-state index contributed by atoms with van der Waals surface area (Å²) >= 11 is 0. The maximum absolute atomic E-state index is 13.7.